The zero-order valence-electron chi connectivity index (χ0n) is 16.0. The van der Waals surface area contributed by atoms with E-state index >= 15 is 0 Å². The van der Waals surface area contributed by atoms with E-state index in [9.17, 15) is 9.90 Å². The number of carbonyl (C=O) groups excluding carboxylic acids is 1. The maximum absolute atomic E-state index is 12.5. The molecule has 148 valence electrons. The van der Waals surface area contributed by atoms with Crippen LogP contribution in [0.1, 0.15) is 28.9 Å². The number of anilines is 3. The molecule has 0 bridgehead atoms. The van der Waals surface area contributed by atoms with Gasteiger partial charge in [-0.1, -0.05) is 0 Å². The van der Waals surface area contributed by atoms with Crippen molar-refractivity contribution in [1.29, 1.82) is 0 Å². The number of nitrogens with one attached hydrogen (secondary N) is 1. The molecule has 1 amide bonds. The monoisotopic (exact) mass is 391 g/mol. The van der Waals surface area contributed by atoms with Crippen LogP contribution in [-0.2, 0) is 13.5 Å². The lowest BCUT2D eigenvalue weighted by molar-refractivity contribution is 0.100. The van der Waals surface area contributed by atoms with E-state index in [1.54, 1.807) is 12.4 Å². The summed E-state index contributed by atoms with van der Waals surface area (Å²) in [7, 11) is 1.90. The van der Waals surface area contributed by atoms with Crippen molar-refractivity contribution in [2.24, 2.45) is 12.0 Å². The molecule has 0 spiro atoms. The second-order valence-corrected chi connectivity index (χ2v) is 7.40. The first kappa shape index (κ1) is 17.7. The Kier molecular flexibility index (Phi) is 4.24. The average Bonchev–Trinajstić information content (AvgIpc) is 3.08. The number of aliphatic hydroxyl groups excluding tert-OH is 1. The fourth-order valence-electron chi connectivity index (χ4n) is 3.82. The smallest absolute Gasteiger partial charge is 0.282 e. The molecule has 5 rings (SSSR count). The molecule has 1 aromatic carbocycles. The minimum absolute atomic E-state index is 0.276. The van der Waals surface area contributed by atoms with Crippen molar-refractivity contribution < 1.29 is 9.90 Å². The lowest BCUT2D eigenvalue weighted by Gasteiger charge is -2.30. The third-order valence-corrected chi connectivity index (χ3v) is 5.44. The standard InChI is InChI=1S/C20H21N7O2/c1-26-16-3-2-13(10-12(16)11-22-26)23-18-17-15(4-7-21-19(17)29)24-20(25-18)27-8-5-14(28)6-9-27/h2-3,7,10-11,14,28H,4-6,8-9H2,1H3,(H,23,24,25). The average molecular weight is 391 g/mol. The van der Waals surface area contributed by atoms with Gasteiger partial charge in [0.15, 0.2) is 0 Å². The maximum Gasteiger partial charge on any atom is 0.282 e. The van der Waals surface area contributed by atoms with Crippen LogP contribution in [0.15, 0.2) is 29.4 Å². The molecule has 2 N–H and O–H groups in total. The van der Waals surface area contributed by atoms with Gasteiger partial charge in [-0.15, -0.1) is 0 Å². The van der Waals surface area contributed by atoms with E-state index < -0.39 is 0 Å². The van der Waals surface area contributed by atoms with Crippen molar-refractivity contribution in [1.82, 2.24) is 19.7 Å². The number of benzene rings is 1. The van der Waals surface area contributed by atoms with E-state index in [0.29, 0.717) is 55.4 Å². The van der Waals surface area contributed by atoms with Crippen molar-refractivity contribution in [3.63, 3.8) is 0 Å². The van der Waals surface area contributed by atoms with Gasteiger partial charge in [0.2, 0.25) is 5.95 Å². The zero-order valence-corrected chi connectivity index (χ0v) is 16.0. The molecular weight excluding hydrogens is 370 g/mol. The van der Waals surface area contributed by atoms with Gasteiger partial charge in [0.25, 0.3) is 5.91 Å². The molecule has 0 atom stereocenters. The molecule has 4 heterocycles. The van der Waals surface area contributed by atoms with Crippen LogP contribution < -0.4 is 10.2 Å². The van der Waals surface area contributed by atoms with Gasteiger partial charge < -0.3 is 15.3 Å². The van der Waals surface area contributed by atoms with Crippen LogP contribution in [0.2, 0.25) is 0 Å². The molecule has 1 fully saturated rings. The lowest BCUT2D eigenvalue weighted by Crippen LogP contribution is -2.37. The quantitative estimate of drug-likeness (QED) is 0.701. The van der Waals surface area contributed by atoms with Crippen molar-refractivity contribution >= 4 is 40.5 Å². The van der Waals surface area contributed by atoms with Gasteiger partial charge in [-0.2, -0.15) is 10.1 Å². The molecule has 1 saturated heterocycles. The fourth-order valence-corrected chi connectivity index (χ4v) is 3.82. The summed E-state index contributed by atoms with van der Waals surface area (Å²) < 4.78 is 1.81. The van der Waals surface area contributed by atoms with Crippen LogP contribution in [0.4, 0.5) is 17.5 Å². The largest absolute Gasteiger partial charge is 0.393 e. The van der Waals surface area contributed by atoms with E-state index in [1.165, 1.54) is 0 Å². The Bertz CT molecular complexity index is 1130. The molecular formula is C20H21N7O2. The number of nitrogens with zero attached hydrogens (tertiary/aromatic N) is 6. The van der Waals surface area contributed by atoms with E-state index in [-0.39, 0.29) is 12.0 Å². The number of aliphatic hydroxyl groups is 1. The number of aryl methyl sites for hydroxylation is 1. The summed E-state index contributed by atoms with van der Waals surface area (Å²) in [4.78, 5) is 27.8. The van der Waals surface area contributed by atoms with Crippen LogP contribution in [-0.4, -0.2) is 56.2 Å². The van der Waals surface area contributed by atoms with E-state index in [0.717, 1.165) is 16.6 Å². The first-order valence-electron chi connectivity index (χ1n) is 9.68. The predicted molar refractivity (Wildman–Crippen MR) is 110 cm³/mol. The molecule has 2 aliphatic rings. The number of amides is 1. The number of hydrogen-bond donors (Lipinski definition) is 2. The molecule has 0 aliphatic carbocycles. The highest BCUT2D eigenvalue weighted by molar-refractivity contribution is 6.07. The maximum atomic E-state index is 12.5. The minimum atomic E-state index is -0.336. The topological polar surface area (TPSA) is 109 Å². The van der Waals surface area contributed by atoms with E-state index in [2.05, 4.69) is 30.3 Å². The number of aromatic nitrogens is 4. The molecule has 2 aliphatic heterocycles. The van der Waals surface area contributed by atoms with Crippen molar-refractivity contribution in [2.45, 2.75) is 25.4 Å². The first-order chi connectivity index (χ1) is 14.1. The Morgan fingerprint density at radius 3 is 2.86 bits per heavy atom. The highest BCUT2D eigenvalue weighted by atomic mass is 16.3. The van der Waals surface area contributed by atoms with Crippen LogP contribution in [0.5, 0.6) is 0 Å². The normalized spacial score (nSPS) is 17.0. The third kappa shape index (κ3) is 3.23. The molecule has 0 unspecified atom stereocenters. The fraction of sp³-hybridized carbons (Fsp3) is 0.350. The molecule has 29 heavy (non-hydrogen) atoms. The van der Waals surface area contributed by atoms with Crippen LogP contribution in [0.3, 0.4) is 0 Å². The number of carbonyl (C=O) groups is 1. The second-order valence-electron chi connectivity index (χ2n) is 7.40. The Morgan fingerprint density at radius 1 is 1.21 bits per heavy atom. The summed E-state index contributed by atoms with van der Waals surface area (Å²) in [5.41, 5.74) is 2.92. The summed E-state index contributed by atoms with van der Waals surface area (Å²) in [5, 5.41) is 18.3. The van der Waals surface area contributed by atoms with Gasteiger partial charge in [0.1, 0.15) is 11.4 Å². The number of hydrogen-bond acceptors (Lipinski definition) is 7. The number of rotatable bonds is 3. The summed E-state index contributed by atoms with van der Waals surface area (Å²) >= 11 is 0. The SMILES string of the molecule is Cn1ncc2cc(Nc3nc(N4CCC(O)CC4)nc4c3C(=O)N=CC4)ccc21. The van der Waals surface area contributed by atoms with Crippen molar-refractivity contribution in [3.05, 3.63) is 35.7 Å². The summed E-state index contributed by atoms with van der Waals surface area (Å²) in [6.45, 7) is 1.37. The van der Waals surface area contributed by atoms with Crippen molar-refractivity contribution in [3.8, 4) is 0 Å². The van der Waals surface area contributed by atoms with Gasteiger partial charge in [0.05, 0.1) is 23.5 Å². The number of piperidine rings is 1. The molecule has 9 heteroatoms. The predicted octanol–water partition coefficient (Wildman–Crippen LogP) is 1.84. The Balaban J connectivity index is 1.54. The summed E-state index contributed by atoms with van der Waals surface area (Å²) in [6, 6.07) is 5.89. The minimum Gasteiger partial charge on any atom is -0.393 e. The summed E-state index contributed by atoms with van der Waals surface area (Å²) in [6.07, 6.45) is 4.97. The Labute approximate surface area is 167 Å². The molecule has 2 aromatic heterocycles. The van der Waals surface area contributed by atoms with Gasteiger partial charge in [-0.05, 0) is 31.0 Å². The van der Waals surface area contributed by atoms with Crippen LogP contribution in [0, 0.1) is 0 Å². The second kappa shape index (κ2) is 6.93. The highest BCUT2D eigenvalue weighted by Crippen LogP contribution is 2.29. The Morgan fingerprint density at radius 2 is 2.03 bits per heavy atom. The van der Waals surface area contributed by atoms with Crippen molar-refractivity contribution in [2.75, 3.05) is 23.3 Å². The molecule has 0 radical (unpaired) electrons. The van der Waals surface area contributed by atoms with Gasteiger partial charge in [0, 0.05) is 43.8 Å². The lowest BCUT2D eigenvalue weighted by atomic mass is 10.1. The van der Waals surface area contributed by atoms with Crippen LogP contribution in [0.25, 0.3) is 10.9 Å². The number of aliphatic imine (C=N–C) groups is 1. The van der Waals surface area contributed by atoms with E-state index in [1.807, 2.05) is 29.9 Å². The first-order valence-corrected chi connectivity index (χ1v) is 9.68. The van der Waals surface area contributed by atoms with E-state index in [4.69, 9.17) is 0 Å². The zero-order chi connectivity index (χ0) is 20.0. The van der Waals surface area contributed by atoms with Gasteiger partial charge >= 0.3 is 0 Å². The number of fused-ring (bicyclic) bond motifs is 2. The summed E-state index contributed by atoms with van der Waals surface area (Å²) in [5.74, 6) is 0.696. The Hall–Kier alpha value is -3.33. The third-order valence-electron chi connectivity index (χ3n) is 5.44. The molecule has 9 nitrogen and oxygen atoms in total. The highest BCUT2D eigenvalue weighted by Gasteiger charge is 2.26. The van der Waals surface area contributed by atoms with Gasteiger partial charge in [-0.3, -0.25) is 9.48 Å². The van der Waals surface area contributed by atoms with Gasteiger partial charge in [-0.25, -0.2) is 9.98 Å². The van der Waals surface area contributed by atoms with Crippen LogP contribution >= 0.6 is 0 Å². The molecule has 3 aromatic rings. The molecule has 0 saturated carbocycles.